The van der Waals surface area contributed by atoms with Crippen LogP contribution in [0.25, 0.3) is 0 Å². The number of amides is 1. The number of hydrogen-bond acceptors (Lipinski definition) is 2. The predicted octanol–water partition coefficient (Wildman–Crippen LogP) is 4.29. The molecule has 0 atom stereocenters. The molecule has 1 aromatic carbocycles. The fraction of sp³-hybridized carbons (Fsp3) is 0.154. The van der Waals surface area contributed by atoms with Crippen LogP contribution >= 0.6 is 34.5 Å². The Kier molecular flexibility index (Phi) is 4.27. The van der Waals surface area contributed by atoms with Gasteiger partial charge in [0, 0.05) is 21.5 Å². The average molecular weight is 300 g/mol. The molecule has 0 aliphatic carbocycles. The standard InChI is InChI=1S/C13H11Cl2NOS/c1-8-2-5-12(18-8)13(17)16-7-9-3-4-10(14)6-11(9)15/h2-6H,7H2,1H3,(H,16,17). The Labute approximate surface area is 120 Å². The smallest absolute Gasteiger partial charge is 0.261 e. The number of aryl methyl sites for hydroxylation is 1. The van der Waals surface area contributed by atoms with Gasteiger partial charge in [0.15, 0.2) is 0 Å². The number of benzene rings is 1. The number of hydrogen-bond donors (Lipinski definition) is 1. The van der Waals surface area contributed by atoms with Crippen molar-refractivity contribution in [2.45, 2.75) is 13.5 Å². The molecule has 0 fully saturated rings. The molecule has 94 valence electrons. The summed E-state index contributed by atoms with van der Waals surface area (Å²) >= 11 is 13.3. The molecule has 18 heavy (non-hydrogen) atoms. The van der Waals surface area contributed by atoms with E-state index < -0.39 is 0 Å². The van der Waals surface area contributed by atoms with Gasteiger partial charge in [0.1, 0.15) is 0 Å². The van der Waals surface area contributed by atoms with Gasteiger partial charge in [-0.05, 0) is 36.8 Å². The van der Waals surface area contributed by atoms with Crippen LogP contribution in [0.1, 0.15) is 20.1 Å². The summed E-state index contributed by atoms with van der Waals surface area (Å²) in [6, 6.07) is 8.97. The van der Waals surface area contributed by atoms with Crippen LogP contribution in [0.5, 0.6) is 0 Å². The zero-order valence-corrected chi connectivity index (χ0v) is 12.0. The first-order valence-electron chi connectivity index (χ1n) is 5.35. The number of carbonyl (C=O) groups excluding carboxylic acids is 1. The van der Waals surface area contributed by atoms with Gasteiger partial charge in [0.2, 0.25) is 0 Å². The van der Waals surface area contributed by atoms with Crippen molar-refractivity contribution in [1.82, 2.24) is 5.32 Å². The second kappa shape index (κ2) is 5.74. The first kappa shape index (κ1) is 13.4. The predicted molar refractivity (Wildman–Crippen MR) is 76.7 cm³/mol. The zero-order valence-electron chi connectivity index (χ0n) is 9.67. The molecule has 0 aliphatic heterocycles. The Morgan fingerprint density at radius 1 is 1.28 bits per heavy atom. The van der Waals surface area contributed by atoms with Gasteiger partial charge in [-0.25, -0.2) is 0 Å². The second-order valence-corrected chi connectivity index (χ2v) is 5.96. The minimum Gasteiger partial charge on any atom is -0.347 e. The summed E-state index contributed by atoms with van der Waals surface area (Å²) in [5.41, 5.74) is 0.850. The van der Waals surface area contributed by atoms with Gasteiger partial charge in [0.05, 0.1) is 4.88 Å². The topological polar surface area (TPSA) is 29.1 Å². The van der Waals surface area contributed by atoms with Crippen LogP contribution in [0.4, 0.5) is 0 Å². The SMILES string of the molecule is Cc1ccc(C(=O)NCc2ccc(Cl)cc2Cl)s1. The normalized spacial score (nSPS) is 10.4. The van der Waals surface area contributed by atoms with E-state index in [4.69, 9.17) is 23.2 Å². The van der Waals surface area contributed by atoms with Crippen LogP contribution < -0.4 is 5.32 Å². The van der Waals surface area contributed by atoms with Crippen molar-refractivity contribution >= 4 is 40.4 Å². The van der Waals surface area contributed by atoms with E-state index in [1.165, 1.54) is 11.3 Å². The summed E-state index contributed by atoms with van der Waals surface area (Å²) in [4.78, 5) is 13.7. The number of nitrogens with one attached hydrogen (secondary N) is 1. The third-order valence-electron chi connectivity index (χ3n) is 2.42. The summed E-state index contributed by atoms with van der Waals surface area (Å²) in [6.07, 6.45) is 0. The Balaban J connectivity index is 2.01. The summed E-state index contributed by atoms with van der Waals surface area (Å²) < 4.78 is 0. The third kappa shape index (κ3) is 3.25. The van der Waals surface area contributed by atoms with E-state index >= 15 is 0 Å². The lowest BCUT2D eigenvalue weighted by atomic mass is 10.2. The summed E-state index contributed by atoms with van der Waals surface area (Å²) in [5.74, 6) is -0.0842. The Morgan fingerprint density at radius 2 is 2.06 bits per heavy atom. The Morgan fingerprint density at radius 3 is 2.67 bits per heavy atom. The average Bonchev–Trinajstić information content (AvgIpc) is 2.74. The highest BCUT2D eigenvalue weighted by Crippen LogP contribution is 2.21. The molecular formula is C13H11Cl2NOS. The molecule has 0 saturated heterocycles. The highest BCUT2D eigenvalue weighted by Gasteiger charge is 2.08. The highest BCUT2D eigenvalue weighted by atomic mass is 35.5. The monoisotopic (exact) mass is 299 g/mol. The van der Waals surface area contributed by atoms with Crippen LogP contribution in [0.2, 0.25) is 10.0 Å². The molecule has 2 nitrogen and oxygen atoms in total. The molecule has 0 spiro atoms. The van der Waals surface area contributed by atoms with E-state index in [2.05, 4.69) is 5.32 Å². The van der Waals surface area contributed by atoms with Gasteiger partial charge in [-0.15, -0.1) is 11.3 Å². The summed E-state index contributed by atoms with van der Waals surface area (Å²) in [7, 11) is 0. The second-order valence-electron chi connectivity index (χ2n) is 3.83. The van der Waals surface area contributed by atoms with E-state index in [-0.39, 0.29) is 5.91 Å². The number of thiophene rings is 1. The maximum Gasteiger partial charge on any atom is 0.261 e. The van der Waals surface area contributed by atoms with Crippen molar-refractivity contribution in [3.63, 3.8) is 0 Å². The summed E-state index contributed by atoms with van der Waals surface area (Å²) in [6.45, 7) is 2.36. The maximum absolute atomic E-state index is 11.8. The van der Waals surface area contributed by atoms with Gasteiger partial charge in [-0.1, -0.05) is 29.3 Å². The molecule has 0 saturated carbocycles. The van der Waals surface area contributed by atoms with Gasteiger partial charge in [-0.2, -0.15) is 0 Å². The van der Waals surface area contributed by atoms with Crippen molar-refractivity contribution < 1.29 is 4.79 Å². The van der Waals surface area contributed by atoms with Crippen molar-refractivity contribution in [2.24, 2.45) is 0 Å². The fourth-order valence-electron chi connectivity index (χ4n) is 1.48. The molecule has 0 aliphatic rings. The quantitative estimate of drug-likeness (QED) is 0.900. The lowest BCUT2D eigenvalue weighted by Gasteiger charge is -2.06. The van der Waals surface area contributed by atoms with Crippen LogP contribution in [-0.4, -0.2) is 5.91 Å². The van der Waals surface area contributed by atoms with Gasteiger partial charge >= 0.3 is 0 Å². The first-order chi connectivity index (χ1) is 8.56. The minimum absolute atomic E-state index is 0.0842. The number of halogens is 2. The molecule has 1 N–H and O–H groups in total. The molecule has 1 amide bonds. The van der Waals surface area contributed by atoms with Crippen molar-refractivity contribution in [3.8, 4) is 0 Å². The number of carbonyl (C=O) groups is 1. The third-order valence-corrected chi connectivity index (χ3v) is 4.01. The first-order valence-corrected chi connectivity index (χ1v) is 6.92. The minimum atomic E-state index is -0.0842. The molecule has 1 heterocycles. The maximum atomic E-state index is 11.8. The van der Waals surface area contributed by atoms with Gasteiger partial charge in [0.25, 0.3) is 5.91 Å². The van der Waals surface area contributed by atoms with E-state index in [0.29, 0.717) is 21.5 Å². The molecule has 2 aromatic rings. The molecule has 1 aromatic heterocycles. The van der Waals surface area contributed by atoms with Crippen molar-refractivity contribution in [3.05, 3.63) is 55.7 Å². The van der Waals surface area contributed by atoms with Crippen LogP contribution in [-0.2, 0) is 6.54 Å². The lowest BCUT2D eigenvalue weighted by Crippen LogP contribution is -2.21. The van der Waals surface area contributed by atoms with E-state index in [1.54, 1.807) is 12.1 Å². The van der Waals surface area contributed by atoms with Gasteiger partial charge in [-0.3, -0.25) is 4.79 Å². The highest BCUT2D eigenvalue weighted by molar-refractivity contribution is 7.13. The largest absolute Gasteiger partial charge is 0.347 e. The number of rotatable bonds is 3. The van der Waals surface area contributed by atoms with Crippen LogP contribution in [0, 0.1) is 6.92 Å². The lowest BCUT2D eigenvalue weighted by molar-refractivity contribution is 0.0955. The van der Waals surface area contributed by atoms with Crippen molar-refractivity contribution in [2.75, 3.05) is 0 Å². The summed E-state index contributed by atoms with van der Waals surface area (Å²) in [5, 5.41) is 3.98. The Bertz CT molecular complexity index is 580. The fourth-order valence-corrected chi connectivity index (χ4v) is 2.74. The molecule has 0 bridgehead atoms. The van der Waals surface area contributed by atoms with Crippen LogP contribution in [0.3, 0.4) is 0 Å². The molecule has 2 rings (SSSR count). The zero-order chi connectivity index (χ0) is 13.1. The van der Waals surface area contributed by atoms with E-state index in [1.807, 2.05) is 25.1 Å². The van der Waals surface area contributed by atoms with Crippen LogP contribution in [0.15, 0.2) is 30.3 Å². The van der Waals surface area contributed by atoms with E-state index in [9.17, 15) is 4.79 Å². The Hall–Kier alpha value is -1.03. The molecule has 0 unspecified atom stereocenters. The molecular weight excluding hydrogens is 289 g/mol. The van der Waals surface area contributed by atoms with Gasteiger partial charge < -0.3 is 5.32 Å². The van der Waals surface area contributed by atoms with E-state index in [0.717, 1.165) is 10.4 Å². The van der Waals surface area contributed by atoms with Crippen molar-refractivity contribution in [1.29, 1.82) is 0 Å². The molecule has 0 radical (unpaired) electrons. The molecule has 5 heteroatoms.